The van der Waals surface area contributed by atoms with E-state index >= 15 is 0 Å². The molecule has 2 rings (SSSR count). The molecule has 82 valence electrons. The molecule has 4 heteroatoms. The third kappa shape index (κ3) is 2.83. The molecule has 0 aromatic heterocycles. The van der Waals surface area contributed by atoms with Gasteiger partial charge in [0, 0.05) is 6.54 Å². The van der Waals surface area contributed by atoms with Crippen molar-refractivity contribution in [1.29, 1.82) is 0 Å². The topological polar surface area (TPSA) is 21.3 Å². The number of halogens is 2. The molecule has 0 spiro atoms. The molecule has 15 heavy (non-hydrogen) atoms. The van der Waals surface area contributed by atoms with Crippen LogP contribution in [0.2, 0.25) is 5.02 Å². The minimum absolute atomic E-state index is 0.140. The number of ether oxygens (including phenoxy) is 1. The Balaban J connectivity index is 2.03. The van der Waals surface area contributed by atoms with E-state index in [0.29, 0.717) is 10.8 Å². The van der Waals surface area contributed by atoms with Crippen molar-refractivity contribution < 1.29 is 9.13 Å². The van der Waals surface area contributed by atoms with Crippen molar-refractivity contribution in [2.75, 3.05) is 13.1 Å². The van der Waals surface area contributed by atoms with Crippen LogP contribution in [0.5, 0.6) is 5.75 Å². The van der Waals surface area contributed by atoms with Gasteiger partial charge >= 0.3 is 0 Å². The summed E-state index contributed by atoms with van der Waals surface area (Å²) in [5, 5.41) is 3.58. The second kappa shape index (κ2) is 4.81. The van der Waals surface area contributed by atoms with Crippen LogP contribution in [0.25, 0.3) is 0 Å². The minimum atomic E-state index is -0.339. The van der Waals surface area contributed by atoms with E-state index in [-0.39, 0.29) is 11.9 Å². The fourth-order valence-corrected chi connectivity index (χ4v) is 1.88. The van der Waals surface area contributed by atoms with Crippen LogP contribution < -0.4 is 10.1 Å². The summed E-state index contributed by atoms with van der Waals surface area (Å²) in [6.07, 6.45) is 2.26. The predicted octanol–water partition coefficient (Wildman–Crippen LogP) is 2.61. The first kappa shape index (κ1) is 10.7. The maximum Gasteiger partial charge on any atom is 0.138 e. The molecule has 0 radical (unpaired) electrons. The van der Waals surface area contributed by atoms with Crippen molar-refractivity contribution in [1.82, 2.24) is 5.32 Å². The van der Waals surface area contributed by atoms with Gasteiger partial charge in [-0.3, -0.25) is 0 Å². The summed E-state index contributed by atoms with van der Waals surface area (Å²) in [6, 6.07) is 4.21. The van der Waals surface area contributed by atoms with Gasteiger partial charge in [-0.2, -0.15) is 0 Å². The van der Waals surface area contributed by atoms with Gasteiger partial charge in [0.25, 0.3) is 0 Å². The zero-order chi connectivity index (χ0) is 10.7. The van der Waals surface area contributed by atoms with Crippen LogP contribution in [0.3, 0.4) is 0 Å². The standard InChI is InChI=1S/C11H13ClFNO/c12-10-6-8(13)3-4-11(10)15-9-2-1-5-14-7-9/h3-4,6,9,14H,1-2,5,7H2/t9-/m1/s1. The Bertz CT molecular complexity index is 339. The van der Waals surface area contributed by atoms with Crippen molar-refractivity contribution in [2.45, 2.75) is 18.9 Å². The van der Waals surface area contributed by atoms with Crippen LogP contribution in [0.1, 0.15) is 12.8 Å². The SMILES string of the molecule is Fc1ccc(O[C@@H]2CCCNC2)c(Cl)c1. The number of hydrogen-bond donors (Lipinski definition) is 1. The van der Waals surface area contributed by atoms with Gasteiger partial charge in [-0.25, -0.2) is 4.39 Å². The summed E-state index contributed by atoms with van der Waals surface area (Å²) >= 11 is 5.86. The molecule has 1 atom stereocenters. The molecule has 0 saturated carbocycles. The van der Waals surface area contributed by atoms with Gasteiger partial charge in [-0.15, -0.1) is 0 Å². The Hall–Kier alpha value is -0.800. The Morgan fingerprint density at radius 3 is 3.00 bits per heavy atom. The van der Waals surface area contributed by atoms with E-state index in [0.717, 1.165) is 25.9 Å². The molecule has 1 aromatic rings. The Kier molecular flexibility index (Phi) is 3.44. The number of benzene rings is 1. The molecular weight excluding hydrogens is 217 g/mol. The Morgan fingerprint density at radius 1 is 1.47 bits per heavy atom. The molecule has 1 N–H and O–H groups in total. The predicted molar refractivity (Wildman–Crippen MR) is 57.9 cm³/mol. The quantitative estimate of drug-likeness (QED) is 0.842. The molecule has 1 fully saturated rings. The van der Waals surface area contributed by atoms with Gasteiger partial charge in [0.05, 0.1) is 5.02 Å². The molecule has 0 bridgehead atoms. The zero-order valence-corrected chi connectivity index (χ0v) is 9.06. The van der Waals surface area contributed by atoms with Gasteiger partial charge in [0.1, 0.15) is 17.7 Å². The lowest BCUT2D eigenvalue weighted by Gasteiger charge is -2.24. The lowest BCUT2D eigenvalue weighted by Crippen LogP contribution is -2.37. The zero-order valence-electron chi connectivity index (χ0n) is 8.30. The van der Waals surface area contributed by atoms with Gasteiger partial charge in [0.2, 0.25) is 0 Å². The molecule has 0 amide bonds. The Morgan fingerprint density at radius 2 is 2.33 bits per heavy atom. The molecule has 1 aliphatic rings. The van der Waals surface area contributed by atoms with E-state index in [1.165, 1.54) is 12.1 Å². The Labute approximate surface area is 93.4 Å². The highest BCUT2D eigenvalue weighted by Gasteiger charge is 2.15. The first-order valence-electron chi connectivity index (χ1n) is 5.08. The highest BCUT2D eigenvalue weighted by molar-refractivity contribution is 6.32. The molecule has 1 heterocycles. The lowest BCUT2D eigenvalue weighted by molar-refractivity contribution is 0.167. The van der Waals surface area contributed by atoms with E-state index in [9.17, 15) is 4.39 Å². The van der Waals surface area contributed by atoms with Gasteiger partial charge in [-0.05, 0) is 37.6 Å². The highest BCUT2D eigenvalue weighted by atomic mass is 35.5. The van der Waals surface area contributed by atoms with Crippen LogP contribution >= 0.6 is 11.6 Å². The monoisotopic (exact) mass is 229 g/mol. The minimum Gasteiger partial charge on any atom is -0.488 e. The summed E-state index contributed by atoms with van der Waals surface area (Å²) in [4.78, 5) is 0. The maximum absolute atomic E-state index is 12.8. The molecular formula is C11H13ClFNO. The maximum atomic E-state index is 12.8. The first-order valence-corrected chi connectivity index (χ1v) is 5.46. The van der Waals surface area contributed by atoms with Crippen molar-refractivity contribution in [3.63, 3.8) is 0 Å². The summed E-state index contributed by atoms with van der Waals surface area (Å²) < 4.78 is 18.5. The average molecular weight is 230 g/mol. The first-order chi connectivity index (χ1) is 7.25. The van der Waals surface area contributed by atoms with Crippen LogP contribution in [0.15, 0.2) is 18.2 Å². The number of nitrogens with one attached hydrogen (secondary N) is 1. The van der Waals surface area contributed by atoms with Gasteiger partial charge in [0.15, 0.2) is 0 Å². The van der Waals surface area contributed by atoms with Crippen LogP contribution in [-0.4, -0.2) is 19.2 Å². The van der Waals surface area contributed by atoms with Crippen LogP contribution in [-0.2, 0) is 0 Å². The summed E-state index contributed by atoms with van der Waals surface area (Å²) in [5.41, 5.74) is 0. The van der Waals surface area contributed by atoms with Crippen molar-refractivity contribution >= 4 is 11.6 Å². The van der Waals surface area contributed by atoms with Crippen molar-refractivity contribution in [3.8, 4) is 5.75 Å². The second-order valence-electron chi connectivity index (χ2n) is 3.66. The molecule has 1 aromatic carbocycles. The fourth-order valence-electron chi connectivity index (χ4n) is 1.67. The second-order valence-corrected chi connectivity index (χ2v) is 4.07. The van der Waals surface area contributed by atoms with Crippen molar-refractivity contribution in [3.05, 3.63) is 29.0 Å². The number of piperidine rings is 1. The van der Waals surface area contributed by atoms with E-state index < -0.39 is 0 Å². The molecule has 2 nitrogen and oxygen atoms in total. The largest absolute Gasteiger partial charge is 0.488 e. The van der Waals surface area contributed by atoms with Crippen LogP contribution in [0, 0.1) is 5.82 Å². The smallest absolute Gasteiger partial charge is 0.138 e. The van der Waals surface area contributed by atoms with E-state index in [1.807, 2.05) is 0 Å². The van der Waals surface area contributed by atoms with E-state index in [2.05, 4.69) is 5.32 Å². The fraction of sp³-hybridized carbons (Fsp3) is 0.455. The summed E-state index contributed by atoms with van der Waals surface area (Å²) in [6.45, 7) is 1.87. The lowest BCUT2D eigenvalue weighted by atomic mass is 10.1. The van der Waals surface area contributed by atoms with Crippen molar-refractivity contribution in [2.24, 2.45) is 0 Å². The highest BCUT2D eigenvalue weighted by Crippen LogP contribution is 2.26. The number of hydrogen-bond acceptors (Lipinski definition) is 2. The summed E-state index contributed by atoms with van der Waals surface area (Å²) in [5.74, 6) is 0.223. The van der Waals surface area contributed by atoms with Gasteiger partial charge in [-0.1, -0.05) is 11.6 Å². The van der Waals surface area contributed by atoms with E-state index in [4.69, 9.17) is 16.3 Å². The number of rotatable bonds is 2. The molecule has 0 aliphatic carbocycles. The summed E-state index contributed by atoms with van der Waals surface area (Å²) in [7, 11) is 0. The van der Waals surface area contributed by atoms with E-state index in [1.54, 1.807) is 6.07 Å². The third-order valence-corrected chi connectivity index (χ3v) is 2.73. The van der Waals surface area contributed by atoms with Gasteiger partial charge < -0.3 is 10.1 Å². The average Bonchev–Trinajstić information content (AvgIpc) is 2.24. The molecule has 0 unspecified atom stereocenters. The molecule has 1 saturated heterocycles. The molecule has 1 aliphatic heterocycles. The third-order valence-electron chi connectivity index (χ3n) is 2.44. The van der Waals surface area contributed by atoms with Crippen LogP contribution in [0.4, 0.5) is 4.39 Å². The normalized spacial score (nSPS) is 21.3.